The summed E-state index contributed by atoms with van der Waals surface area (Å²) in [4.78, 5) is 8.88. The van der Waals surface area contributed by atoms with Crippen molar-refractivity contribution in [2.24, 2.45) is 5.73 Å². The number of nitrogens with two attached hydrogens (primary N) is 1. The summed E-state index contributed by atoms with van der Waals surface area (Å²) >= 11 is 0. The smallest absolute Gasteiger partial charge is 0.0884 e. The van der Waals surface area contributed by atoms with E-state index in [2.05, 4.69) is 15.1 Å². The van der Waals surface area contributed by atoms with Crippen molar-refractivity contribution in [3.8, 4) is 5.69 Å². The zero-order valence-electron chi connectivity index (χ0n) is 13.5. The molecule has 0 saturated carbocycles. The van der Waals surface area contributed by atoms with Crippen molar-refractivity contribution in [2.45, 2.75) is 12.5 Å². The van der Waals surface area contributed by atoms with Crippen LogP contribution < -0.4 is 5.73 Å². The van der Waals surface area contributed by atoms with Crippen molar-refractivity contribution >= 4 is 23.3 Å². The fourth-order valence-corrected chi connectivity index (χ4v) is 2.88. The number of aromatic nitrogens is 4. The summed E-state index contributed by atoms with van der Waals surface area (Å²) in [5.41, 5.74) is 10.1. The molecule has 3 aromatic heterocycles. The van der Waals surface area contributed by atoms with Gasteiger partial charge in [-0.1, -0.05) is 24.3 Å². The third-order valence-electron chi connectivity index (χ3n) is 4.03. The zero-order valence-corrected chi connectivity index (χ0v) is 14.3. The van der Waals surface area contributed by atoms with Gasteiger partial charge in [-0.15, -0.1) is 12.4 Å². The quantitative estimate of drug-likeness (QED) is 0.611. The van der Waals surface area contributed by atoms with E-state index < -0.39 is 0 Å². The van der Waals surface area contributed by atoms with Crippen LogP contribution in [-0.4, -0.2) is 19.7 Å². The summed E-state index contributed by atoms with van der Waals surface area (Å²) in [5.74, 6) is 0. The highest BCUT2D eigenvalue weighted by Crippen LogP contribution is 2.24. The second-order valence-electron chi connectivity index (χ2n) is 5.65. The first-order chi connectivity index (χ1) is 11.8. The van der Waals surface area contributed by atoms with Crippen molar-refractivity contribution < 1.29 is 0 Å². The van der Waals surface area contributed by atoms with Crippen molar-refractivity contribution in [3.05, 3.63) is 84.6 Å². The molecule has 1 aromatic carbocycles. The monoisotopic (exact) mass is 351 g/mol. The third-order valence-corrected chi connectivity index (χ3v) is 4.03. The number of para-hydroxylation sites is 1. The Kier molecular flexibility index (Phi) is 5.07. The Morgan fingerprint density at radius 1 is 0.920 bits per heavy atom. The molecule has 2 N–H and O–H groups in total. The Hall–Kier alpha value is -2.76. The Bertz CT molecular complexity index is 968. The first-order valence-electron chi connectivity index (χ1n) is 7.86. The fourth-order valence-electron chi connectivity index (χ4n) is 2.88. The van der Waals surface area contributed by atoms with Crippen LogP contribution in [0, 0.1) is 0 Å². The van der Waals surface area contributed by atoms with Gasteiger partial charge >= 0.3 is 0 Å². The first kappa shape index (κ1) is 17.1. The highest BCUT2D eigenvalue weighted by molar-refractivity contribution is 5.85. The van der Waals surface area contributed by atoms with Crippen molar-refractivity contribution in [1.82, 2.24) is 19.7 Å². The number of nitrogens with zero attached hydrogens (tertiary/aromatic N) is 4. The van der Waals surface area contributed by atoms with Gasteiger partial charge in [-0.25, -0.2) is 4.68 Å². The molecule has 0 spiro atoms. The van der Waals surface area contributed by atoms with E-state index in [4.69, 9.17) is 5.73 Å². The summed E-state index contributed by atoms with van der Waals surface area (Å²) in [7, 11) is 0. The molecule has 4 rings (SSSR count). The number of halogens is 1. The molecule has 6 heteroatoms. The molecule has 3 heterocycles. The number of hydrogen-bond acceptors (Lipinski definition) is 4. The fraction of sp³-hybridized carbons (Fsp3) is 0.105. The minimum Gasteiger partial charge on any atom is -0.322 e. The van der Waals surface area contributed by atoms with Gasteiger partial charge in [-0.2, -0.15) is 5.10 Å². The van der Waals surface area contributed by atoms with Crippen LogP contribution >= 0.6 is 12.4 Å². The average Bonchev–Trinajstić information content (AvgIpc) is 3.06. The number of fused-ring (bicyclic) bond motifs is 1. The molecule has 0 bridgehead atoms. The Labute approximate surface area is 151 Å². The van der Waals surface area contributed by atoms with E-state index in [1.54, 1.807) is 12.4 Å². The van der Waals surface area contributed by atoms with E-state index >= 15 is 0 Å². The minimum absolute atomic E-state index is 0. The van der Waals surface area contributed by atoms with Gasteiger partial charge in [-0.05, 0) is 30.3 Å². The maximum Gasteiger partial charge on any atom is 0.0884 e. The van der Waals surface area contributed by atoms with Crippen LogP contribution in [0.2, 0.25) is 0 Å². The highest BCUT2D eigenvalue weighted by atomic mass is 35.5. The van der Waals surface area contributed by atoms with E-state index in [-0.39, 0.29) is 18.4 Å². The summed E-state index contributed by atoms with van der Waals surface area (Å²) in [6, 6.07) is 17.6. The van der Waals surface area contributed by atoms with Crippen LogP contribution in [0.1, 0.15) is 17.4 Å². The second kappa shape index (κ2) is 7.42. The molecule has 0 radical (unpaired) electrons. The van der Waals surface area contributed by atoms with Crippen LogP contribution in [-0.2, 0) is 6.42 Å². The topological polar surface area (TPSA) is 69.6 Å². The molecule has 25 heavy (non-hydrogen) atoms. The largest absolute Gasteiger partial charge is 0.322 e. The summed E-state index contributed by atoms with van der Waals surface area (Å²) in [6.45, 7) is 0. The Morgan fingerprint density at radius 3 is 2.56 bits per heavy atom. The lowest BCUT2D eigenvalue weighted by Crippen LogP contribution is -2.18. The lowest BCUT2D eigenvalue weighted by Gasteiger charge is -2.15. The van der Waals surface area contributed by atoms with Gasteiger partial charge in [0.05, 0.1) is 29.1 Å². The van der Waals surface area contributed by atoms with Gasteiger partial charge in [0.2, 0.25) is 0 Å². The van der Waals surface area contributed by atoms with Crippen molar-refractivity contribution in [1.29, 1.82) is 0 Å². The standard InChI is InChI=1S/C19H17N5.ClH/c20-16(12-15-7-3-4-10-21-15)19-18(9-5-11-22-19)24-17-8-2-1-6-14(17)13-23-24;/h1-11,13,16H,12,20H2;1H. The molecular formula is C19H18ClN5. The summed E-state index contributed by atoms with van der Waals surface area (Å²) in [6.07, 6.45) is 6.03. The number of benzene rings is 1. The summed E-state index contributed by atoms with van der Waals surface area (Å²) < 4.78 is 1.90. The SMILES string of the molecule is Cl.NC(Cc1ccccn1)c1ncccc1-n1ncc2ccccc21. The van der Waals surface area contributed by atoms with Crippen LogP contribution in [0.4, 0.5) is 0 Å². The van der Waals surface area contributed by atoms with Crippen LogP contribution in [0.25, 0.3) is 16.6 Å². The van der Waals surface area contributed by atoms with Crippen molar-refractivity contribution in [3.63, 3.8) is 0 Å². The van der Waals surface area contributed by atoms with E-state index in [1.807, 2.05) is 65.5 Å². The van der Waals surface area contributed by atoms with E-state index in [0.717, 1.165) is 28.0 Å². The molecule has 0 amide bonds. The molecule has 4 aromatic rings. The molecule has 5 nitrogen and oxygen atoms in total. The molecule has 126 valence electrons. The second-order valence-corrected chi connectivity index (χ2v) is 5.65. The predicted octanol–water partition coefficient (Wildman–Crippen LogP) is 3.48. The third kappa shape index (κ3) is 3.38. The van der Waals surface area contributed by atoms with Gasteiger partial charge in [0.15, 0.2) is 0 Å². The molecule has 0 aliphatic heterocycles. The van der Waals surface area contributed by atoms with E-state index in [9.17, 15) is 0 Å². The van der Waals surface area contributed by atoms with E-state index in [0.29, 0.717) is 6.42 Å². The Balaban J connectivity index is 0.00000182. The van der Waals surface area contributed by atoms with Crippen LogP contribution in [0.3, 0.4) is 0 Å². The predicted molar refractivity (Wildman–Crippen MR) is 101 cm³/mol. The zero-order chi connectivity index (χ0) is 16.4. The van der Waals surface area contributed by atoms with Crippen LogP contribution in [0.15, 0.2) is 73.2 Å². The lowest BCUT2D eigenvalue weighted by molar-refractivity contribution is 0.672. The highest BCUT2D eigenvalue weighted by Gasteiger charge is 2.16. The maximum absolute atomic E-state index is 6.43. The van der Waals surface area contributed by atoms with Gasteiger partial charge in [0.25, 0.3) is 0 Å². The van der Waals surface area contributed by atoms with Gasteiger partial charge in [0, 0.05) is 29.9 Å². The van der Waals surface area contributed by atoms with Gasteiger partial charge in [-0.3, -0.25) is 9.97 Å². The molecule has 1 atom stereocenters. The normalized spacial score (nSPS) is 11.9. The number of pyridine rings is 2. The number of rotatable bonds is 4. The molecule has 0 aliphatic carbocycles. The Morgan fingerprint density at radius 2 is 1.72 bits per heavy atom. The van der Waals surface area contributed by atoms with E-state index in [1.165, 1.54) is 0 Å². The van der Waals surface area contributed by atoms with Crippen LogP contribution in [0.5, 0.6) is 0 Å². The lowest BCUT2D eigenvalue weighted by atomic mass is 10.1. The summed E-state index contributed by atoms with van der Waals surface area (Å²) in [5, 5.41) is 5.61. The number of hydrogen-bond donors (Lipinski definition) is 1. The minimum atomic E-state index is -0.251. The van der Waals surface area contributed by atoms with Crippen molar-refractivity contribution in [2.75, 3.05) is 0 Å². The molecular weight excluding hydrogens is 334 g/mol. The van der Waals surface area contributed by atoms with Gasteiger partial charge < -0.3 is 5.73 Å². The molecule has 0 aliphatic rings. The molecule has 0 fully saturated rings. The average molecular weight is 352 g/mol. The molecule has 0 saturated heterocycles. The molecule has 1 unspecified atom stereocenters. The maximum atomic E-state index is 6.43. The van der Waals surface area contributed by atoms with Gasteiger partial charge in [0.1, 0.15) is 0 Å². The first-order valence-corrected chi connectivity index (χ1v) is 7.86.